The van der Waals surface area contributed by atoms with E-state index >= 15 is 0 Å². The summed E-state index contributed by atoms with van der Waals surface area (Å²) >= 11 is 0. The van der Waals surface area contributed by atoms with E-state index in [4.69, 9.17) is 9.47 Å². The van der Waals surface area contributed by atoms with Crippen molar-refractivity contribution in [3.05, 3.63) is 53.6 Å². The summed E-state index contributed by atoms with van der Waals surface area (Å²) in [5.74, 6) is 0.972. The molecule has 1 saturated heterocycles. The molecule has 0 aromatic heterocycles. The monoisotopic (exact) mass is 520 g/mol. The van der Waals surface area contributed by atoms with Crippen LogP contribution in [0.25, 0.3) is 0 Å². The number of carbonyl (C=O) groups excluding carboxylic acids is 1. The van der Waals surface area contributed by atoms with Crippen molar-refractivity contribution in [1.82, 2.24) is 15.5 Å². The standard InChI is InChI=1S/C23H32N4O3.3ClH/c1-18-3-6-20(7-4-18)26-23(28)17-30-21-8-5-19(15-22(21)29-2)16-25-11-14-27-12-9-24-10-13-27;;;/h3-8,15,24-25H,9-14,16-17H2,1-2H3,(H,26,28);3*1H. The van der Waals surface area contributed by atoms with Gasteiger partial charge in [-0.3, -0.25) is 9.69 Å². The molecule has 3 rings (SSSR count). The van der Waals surface area contributed by atoms with Crippen LogP contribution in [0, 0.1) is 6.92 Å². The van der Waals surface area contributed by atoms with E-state index in [0.29, 0.717) is 11.5 Å². The first-order valence-corrected chi connectivity index (χ1v) is 10.4. The number of methoxy groups -OCH3 is 1. The molecular formula is C23H35Cl3N4O3. The smallest absolute Gasteiger partial charge is 0.262 e. The maximum absolute atomic E-state index is 12.1. The highest BCUT2D eigenvalue weighted by molar-refractivity contribution is 5.91. The molecule has 1 fully saturated rings. The average Bonchev–Trinajstić information content (AvgIpc) is 2.78. The fourth-order valence-electron chi connectivity index (χ4n) is 3.32. The summed E-state index contributed by atoms with van der Waals surface area (Å²) < 4.78 is 11.1. The SMILES string of the molecule is COc1cc(CNCCN2CCNCC2)ccc1OCC(=O)Nc1ccc(C)cc1.Cl.Cl.Cl. The summed E-state index contributed by atoms with van der Waals surface area (Å²) in [4.78, 5) is 14.6. The minimum atomic E-state index is -0.209. The number of hydrogen-bond acceptors (Lipinski definition) is 6. The van der Waals surface area contributed by atoms with E-state index in [1.54, 1.807) is 7.11 Å². The molecule has 1 amide bonds. The minimum Gasteiger partial charge on any atom is -0.493 e. The van der Waals surface area contributed by atoms with Crippen LogP contribution in [-0.4, -0.2) is 63.8 Å². The molecule has 2 aromatic carbocycles. The van der Waals surface area contributed by atoms with E-state index in [1.165, 1.54) is 0 Å². The normalized spacial score (nSPS) is 13.0. The molecule has 0 aliphatic carbocycles. The Hall–Kier alpha value is -1.74. The van der Waals surface area contributed by atoms with Gasteiger partial charge in [0.05, 0.1) is 7.11 Å². The van der Waals surface area contributed by atoms with E-state index in [1.807, 2.05) is 49.4 Å². The fourth-order valence-corrected chi connectivity index (χ4v) is 3.32. The molecule has 0 bridgehead atoms. The fraction of sp³-hybridized carbons (Fsp3) is 0.435. The van der Waals surface area contributed by atoms with Crippen molar-refractivity contribution < 1.29 is 14.3 Å². The zero-order valence-corrected chi connectivity index (χ0v) is 21.5. The van der Waals surface area contributed by atoms with Crippen molar-refractivity contribution in [2.45, 2.75) is 13.5 Å². The largest absolute Gasteiger partial charge is 0.493 e. The van der Waals surface area contributed by atoms with Gasteiger partial charge in [-0.1, -0.05) is 23.8 Å². The van der Waals surface area contributed by atoms with Gasteiger partial charge in [0.25, 0.3) is 5.91 Å². The van der Waals surface area contributed by atoms with E-state index in [2.05, 4.69) is 20.9 Å². The lowest BCUT2D eigenvalue weighted by molar-refractivity contribution is -0.118. The van der Waals surface area contributed by atoms with Crippen LogP contribution in [0.1, 0.15) is 11.1 Å². The maximum atomic E-state index is 12.1. The summed E-state index contributed by atoms with van der Waals surface area (Å²) in [5.41, 5.74) is 3.01. The van der Waals surface area contributed by atoms with E-state index < -0.39 is 0 Å². The van der Waals surface area contributed by atoms with E-state index in [0.717, 1.165) is 62.6 Å². The maximum Gasteiger partial charge on any atom is 0.262 e. The van der Waals surface area contributed by atoms with Crippen molar-refractivity contribution >= 4 is 48.8 Å². The topological polar surface area (TPSA) is 74.9 Å². The third-order valence-corrected chi connectivity index (χ3v) is 5.07. The summed E-state index contributed by atoms with van der Waals surface area (Å²) in [7, 11) is 1.61. The number of nitrogens with one attached hydrogen (secondary N) is 3. The van der Waals surface area contributed by atoms with Gasteiger partial charge < -0.3 is 25.4 Å². The van der Waals surface area contributed by atoms with Crippen LogP contribution < -0.4 is 25.4 Å². The van der Waals surface area contributed by atoms with Gasteiger partial charge in [0.2, 0.25) is 0 Å². The number of ether oxygens (including phenoxy) is 2. The Morgan fingerprint density at radius 2 is 1.73 bits per heavy atom. The van der Waals surface area contributed by atoms with Crippen molar-refractivity contribution in [3.8, 4) is 11.5 Å². The Balaban J connectivity index is 0.00000341. The Kier molecular flexibility index (Phi) is 15.9. The Morgan fingerprint density at radius 1 is 1.03 bits per heavy atom. The first-order chi connectivity index (χ1) is 14.6. The second-order valence-corrected chi connectivity index (χ2v) is 7.46. The number of carbonyl (C=O) groups is 1. The van der Waals surface area contributed by atoms with Crippen LogP contribution in [0.3, 0.4) is 0 Å². The highest BCUT2D eigenvalue weighted by atomic mass is 35.5. The van der Waals surface area contributed by atoms with Gasteiger partial charge in [0.15, 0.2) is 18.1 Å². The quantitative estimate of drug-likeness (QED) is 0.417. The van der Waals surface area contributed by atoms with Crippen LogP contribution in [0.2, 0.25) is 0 Å². The molecule has 1 heterocycles. The van der Waals surface area contributed by atoms with Gasteiger partial charge >= 0.3 is 0 Å². The lowest BCUT2D eigenvalue weighted by Gasteiger charge is -2.27. The summed E-state index contributed by atoms with van der Waals surface area (Å²) in [5, 5.41) is 9.67. The number of benzene rings is 2. The molecule has 186 valence electrons. The zero-order valence-electron chi connectivity index (χ0n) is 19.1. The van der Waals surface area contributed by atoms with Crippen LogP contribution in [0.5, 0.6) is 11.5 Å². The predicted octanol–water partition coefficient (Wildman–Crippen LogP) is 3.28. The number of piperazine rings is 1. The number of rotatable bonds is 10. The second kappa shape index (κ2) is 16.8. The predicted molar refractivity (Wildman–Crippen MR) is 141 cm³/mol. The second-order valence-electron chi connectivity index (χ2n) is 7.46. The minimum absolute atomic E-state index is 0. The number of hydrogen-bond donors (Lipinski definition) is 3. The van der Waals surface area contributed by atoms with Gasteiger partial charge in [-0.15, -0.1) is 37.2 Å². The van der Waals surface area contributed by atoms with Gasteiger partial charge in [0.1, 0.15) is 0 Å². The number of halogens is 3. The Bertz CT molecular complexity index is 819. The van der Waals surface area contributed by atoms with Crippen LogP contribution >= 0.6 is 37.2 Å². The molecule has 1 aliphatic rings. The summed E-state index contributed by atoms with van der Waals surface area (Å²) in [6.07, 6.45) is 0. The molecule has 0 atom stereocenters. The average molecular weight is 522 g/mol. The van der Waals surface area contributed by atoms with Crippen LogP contribution in [0.4, 0.5) is 5.69 Å². The van der Waals surface area contributed by atoms with Gasteiger partial charge in [-0.2, -0.15) is 0 Å². The van der Waals surface area contributed by atoms with Gasteiger partial charge in [-0.05, 0) is 36.8 Å². The Morgan fingerprint density at radius 3 is 2.39 bits per heavy atom. The molecule has 3 N–H and O–H groups in total. The highest BCUT2D eigenvalue weighted by Gasteiger charge is 2.10. The van der Waals surface area contributed by atoms with Gasteiger partial charge in [-0.25, -0.2) is 0 Å². The van der Waals surface area contributed by atoms with E-state index in [9.17, 15) is 4.79 Å². The molecule has 0 unspecified atom stereocenters. The van der Waals surface area contributed by atoms with Crippen LogP contribution in [-0.2, 0) is 11.3 Å². The van der Waals surface area contributed by atoms with Crippen molar-refractivity contribution in [3.63, 3.8) is 0 Å². The van der Waals surface area contributed by atoms with Gasteiger partial charge in [0, 0.05) is 51.5 Å². The van der Waals surface area contributed by atoms with Crippen LogP contribution in [0.15, 0.2) is 42.5 Å². The lowest BCUT2D eigenvalue weighted by atomic mass is 10.2. The third kappa shape index (κ3) is 10.8. The molecule has 7 nitrogen and oxygen atoms in total. The Labute approximate surface area is 215 Å². The zero-order chi connectivity index (χ0) is 21.2. The number of amides is 1. The lowest BCUT2D eigenvalue weighted by Crippen LogP contribution is -2.45. The van der Waals surface area contributed by atoms with Crippen molar-refractivity contribution in [2.75, 3.05) is 58.3 Å². The molecule has 2 aromatic rings. The summed E-state index contributed by atoms with van der Waals surface area (Å²) in [6, 6.07) is 13.4. The molecule has 10 heteroatoms. The van der Waals surface area contributed by atoms with Crippen molar-refractivity contribution in [2.24, 2.45) is 0 Å². The molecular weight excluding hydrogens is 487 g/mol. The molecule has 0 saturated carbocycles. The highest BCUT2D eigenvalue weighted by Crippen LogP contribution is 2.28. The number of anilines is 1. The molecule has 33 heavy (non-hydrogen) atoms. The number of aryl methyl sites for hydroxylation is 1. The first kappa shape index (κ1) is 31.3. The number of nitrogens with zero attached hydrogens (tertiary/aromatic N) is 1. The van der Waals surface area contributed by atoms with E-state index in [-0.39, 0.29) is 49.7 Å². The molecule has 1 aliphatic heterocycles. The summed E-state index contributed by atoms with van der Waals surface area (Å²) in [6.45, 7) is 9.05. The molecule has 0 spiro atoms. The molecule has 0 radical (unpaired) electrons. The third-order valence-electron chi connectivity index (χ3n) is 5.07. The first-order valence-electron chi connectivity index (χ1n) is 10.4. The van der Waals surface area contributed by atoms with Crippen molar-refractivity contribution in [1.29, 1.82) is 0 Å².